The highest BCUT2D eigenvalue weighted by Gasteiger charge is 2.14. The van der Waals surface area contributed by atoms with Gasteiger partial charge in [-0.15, -0.1) is 0 Å². The molecule has 1 heterocycles. The largest absolute Gasteiger partial charge is 0.485 e. The first-order valence-corrected chi connectivity index (χ1v) is 8.21. The minimum Gasteiger partial charge on any atom is -0.485 e. The van der Waals surface area contributed by atoms with E-state index in [0.717, 1.165) is 0 Å². The van der Waals surface area contributed by atoms with Gasteiger partial charge in [-0.3, -0.25) is 9.59 Å². The lowest BCUT2D eigenvalue weighted by molar-refractivity contribution is -0.114. The van der Waals surface area contributed by atoms with E-state index in [4.69, 9.17) is 9.26 Å². The first kappa shape index (κ1) is 18.1. The van der Waals surface area contributed by atoms with Gasteiger partial charge in [-0.25, -0.2) is 0 Å². The predicted molar refractivity (Wildman–Crippen MR) is 98.5 cm³/mol. The Hall–Kier alpha value is -3.68. The SMILES string of the molecule is CC(=O)Nc1cccc(NC(=O)c2ccccc2OCc2noc(C)n2)c1. The van der Waals surface area contributed by atoms with E-state index in [2.05, 4.69) is 20.8 Å². The number of benzene rings is 2. The molecule has 0 radical (unpaired) electrons. The van der Waals surface area contributed by atoms with Gasteiger partial charge in [0.2, 0.25) is 17.6 Å². The van der Waals surface area contributed by atoms with E-state index >= 15 is 0 Å². The Morgan fingerprint density at radius 3 is 2.52 bits per heavy atom. The van der Waals surface area contributed by atoms with E-state index < -0.39 is 0 Å². The molecule has 3 aromatic rings. The van der Waals surface area contributed by atoms with Crippen molar-refractivity contribution in [2.45, 2.75) is 20.5 Å². The highest BCUT2D eigenvalue weighted by Crippen LogP contribution is 2.22. The van der Waals surface area contributed by atoms with Crippen molar-refractivity contribution >= 4 is 23.2 Å². The van der Waals surface area contributed by atoms with E-state index in [9.17, 15) is 9.59 Å². The summed E-state index contributed by atoms with van der Waals surface area (Å²) in [5, 5.41) is 9.23. The fraction of sp³-hybridized carbons (Fsp3) is 0.158. The molecule has 1 aromatic heterocycles. The zero-order valence-corrected chi connectivity index (χ0v) is 14.9. The number of hydrogen-bond acceptors (Lipinski definition) is 6. The van der Waals surface area contributed by atoms with Crippen molar-refractivity contribution < 1.29 is 18.8 Å². The van der Waals surface area contributed by atoms with E-state index in [0.29, 0.717) is 34.4 Å². The molecule has 0 aliphatic heterocycles. The van der Waals surface area contributed by atoms with Crippen LogP contribution in [0.25, 0.3) is 0 Å². The molecule has 8 heteroatoms. The van der Waals surface area contributed by atoms with Gasteiger partial charge in [0.05, 0.1) is 5.56 Å². The summed E-state index contributed by atoms with van der Waals surface area (Å²) in [6.45, 7) is 3.19. The first-order chi connectivity index (χ1) is 13.0. The number of anilines is 2. The molecule has 2 amide bonds. The summed E-state index contributed by atoms with van der Waals surface area (Å²) in [6, 6.07) is 13.7. The maximum atomic E-state index is 12.7. The maximum absolute atomic E-state index is 12.7. The summed E-state index contributed by atoms with van der Waals surface area (Å²) in [4.78, 5) is 27.9. The molecule has 138 valence electrons. The van der Waals surface area contributed by atoms with E-state index in [1.54, 1.807) is 55.5 Å². The lowest BCUT2D eigenvalue weighted by atomic mass is 10.1. The summed E-state index contributed by atoms with van der Waals surface area (Å²) >= 11 is 0. The lowest BCUT2D eigenvalue weighted by Gasteiger charge is -2.11. The molecule has 0 aliphatic carbocycles. The molecule has 0 saturated heterocycles. The molecule has 0 fully saturated rings. The van der Waals surface area contributed by atoms with Gasteiger partial charge < -0.3 is 19.9 Å². The quantitative estimate of drug-likeness (QED) is 0.694. The summed E-state index contributed by atoms with van der Waals surface area (Å²) in [7, 11) is 0. The third-order valence-corrected chi connectivity index (χ3v) is 3.50. The molecular weight excluding hydrogens is 348 g/mol. The Kier molecular flexibility index (Phi) is 5.46. The molecule has 0 aliphatic rings. The maximum Gasteiger partial charge on any atom is 0.259 e. The Morgan fingerprint density at radius 1 is 1.07 bits per heavy atom. The van der Waals surface area contributed by atoms with Crippen LogP contribution < -0.4 is 15.4 Å². The summed E-state index contributed by atoms with van der Waals surface area (Å²) < 4.78 is 10.6. The van der Waals surface area contributed by atoms with Crippen molar-refractivity contribution in [2.24, 2.45) is 0 Å². The van der Waals surface area contributed by atoms with Crippen LogP contribution >= 0.6 is 0 Å². The van der Waals surface area contributed by atoms with Crippen LogP contribution in [-0.4, -0.2) is 22.0 Å². The van der Waals surface area contributed by atoms with E-state index in [-0.39, 0.29) is 18.4 Å². The monoisotopic (exact) mass is 366 g/mol. The Morgan fingerprint density at radius 2 is 1.81 bits per heavy atom. The Balaban J connectivity index is 1.72. The molecule has 0 spiro atoms. The fourth-order valence-electron chi connectivity index (χ4n) is 2.40. The second-order valence-electron chi connectivity index (χ2n) is 5.73. The second kappa shape index (κ2) is 8.13. The summed E-state index contributed by atoms with van der Waals surface area (Å²) in [5.74, 6) is 0.712. The van der Waals surface area contributed by atoms with Crippen LogP contribution in [0.2, 0.25) is 0 Å². The smallest absolute Gasteiger partial charge is 0.259 e. The third kappa shape index (κ3) is 4.91. The first-order valence-electron chi connectivity index (χ1n) is 8.21. The lowest BCUT2D eigenvalue weighted by Crippen LogP contribution is -2.14. The average Bonchev–Trinajstić information content (AvgIpc) is 3.05. The van der Waals surface area contributed by atoms with Crippen molar-refractivity contribution in [3.05, 3.63) is 65.8 Å². The number of carbonyl (C=O) groups excluding carboxylic acids is 2. The number of ether oxygens (including phenoxy) is 1. The normalized spacial score (nSPS) is 10.3. The van der Waals surface area contributed by atoms with Crippen LogP contribution in [0.15, 0.2) is 53.1 Å². The number of hydrogen-bond donors (Lipinski definition) is 2. The van der Waals surface area contributed by atoms with Gasteiger partial charge >= 0.3 is 0 Å². The van der Waals surface area contributed by atoms with Gasteiger partial charge in [0.15, 0.2) is 6.61 Å². The van der Waals surface area contributed by atoms with E-state index in [1.165, 1.54) is 6.92 Å². The number of nitrogens with one attached hydrogen (secondary N) is 2. The minimum atomic E-state index is -0.338. The van der Waals surface area contributed by atoms with Crippen LogP contribution in [0.3, 0.4) is 0 Å². The fourth-order valence-corrected chi connectivity index (χ4v) is 2.40. The molecule has 0 unspecified atom stereocenters. The standard InChI is InChI=1S/C19H18N4O4/c1-12(24)20-14-6-5-7-15(10-14)22-19(25)16-8-3-4-9-17(16)26-11-18-21-13(2)27-23-18/h3-10H,11H2,1-2H3,(H,20,24)(H,22,25). The highest BCUT2D eigenvalue weighted by molar-refractivity contribution is 6.06. The van der Waals surface area contributed by atoms with Crippen molar-refractivity contribution in [1.82, 2.24) is 10.1 Å². The average molecular weight is 366 g/mol. The van der Waals surface area contributed by atoms with Crippen molar-refractivity contribution in [2.75, 3.05) is 10.6 Å². The zero-order valence-electron chi connectivity index (χ0n) is 14.9. The summed E-state index contributed by atoms with van der Waals surface area (Å²) in [5.41, 5.74) is 1.51. The van der Waals surface area contributed by atoms with Gasteiger partial charge in [0.1, 0.15) is 5.75 Å². The van der Waals surface area contributed by atoms with Crippen molar-refractivity contribution in [3.63, 3.8) is 0 Å². The van der Waals surface area contributed by atoms with Crippen LogP contribution in [0.4, 0.5) is 11.4 Å². The molecule has 27 heavy (non-hydrogen) atoms. The molecule has 0 saturated carbocycles. The van der Waals surface area contributed by atoms with Gasteiger partial charge in [-0.1, -0.05) is 23.4 Å². The van der Waals surface area contributed by atoms with Gasteiger partial charge in [-0.2, -0.15) is 4.98 Å². The van der Waals surface area contributed by atoms with Gasteiger partial charge in [-0.05, 0) is 30.3 Å². The van der Waals surface area contributed by atoms with Gasteiger partial charge in [0.25, 0.3) is 5.91 Å². The van der Waals surface area contributed by atoms with Crippen molar-refractivity contribution in [1.29, 1.82) is 0 Å². The number of aromatic nitrogens is 2. The Bertz CT molecular complexity index is 968. The third-order valence-electron chi connectivity index (χ3n) is 3.50. The molecule has 0 atom stereocenters. The minimum absolute atomic E-state index is 0.0830. The molecule has 0 bridgehead atoms. The number of amides is 2. The number of aryl methyl sites for hydroxylation is 1. The molecule has 8 nitrogen and oxygen atoms in total. The van der Waals surface area contributed by atoms with Crippen molar-refractivity contribution in [3.8, 4) is 5.75 Å². The van der Waals surface area contributed by atoms with Crippen LogP contribution in [0.5, 0.6) is 5.75 Å². The second-order valence-corrected chi connectivity index (χ2v) is 5.73. The van der Waals surface area contributed by atoms with Crippen LogP contribution in [0.1, 0.15) is 29.0 Å². The number of para-hydroxylation sites is 1. The highest BCUT2D eigenvalue weighted by atomic mass is 16.5. The van der Waals surface area contributed by atoms with Crippen LogP contribution in [-0.2, 0) is 11.4 Å². The zero-order chi connectivity index (χ0) is 19.2. The number of carbonyl (C=O) groups is 2. The molecular formula is C19H18N4O4. The number of rotatable bonds is 6. The number of nitrogens with zero attached hydrogens (tertiary/aromatic N) is 2. The predicted octanol–water partition coefficient (Wildman–Crippen LogP) is 3.17. The van der Waals surface area contributed by atoms with Crippen LogP contribution in [0, 0.1) is 6.92 Å². The molecule has 2 N–H and O–H groups in total. The summed E-state index contributed by atoms with van der Waals surface area (Å²) in [6.07, 6.45) is 0. The van der Waals surface area contributed by atoms with E-state index in [1.807, 2.05) is 0 Å². The molecule has 3 rings (SSSR count). The Labute approximate surface area is 155 Å². The molecule has 2 aromatic carbocycles. The van der Waals surface area contributed by atoms with Gasteiger partial charge in [0, 0.05) is 25.2 Å². The topological polar surface area (TPSA) is 106 Å².